The molecule has 3 nitrogen and oxygen atoms in total. The molecule has 0 saturated heterocycles. The lowest BCUT2D eigenvalue weighted by Crippen LogP contribution is -2.37. The summed E-state index contributed by atoms with van der Waals surface area (Å²) in [6, 6.07) is 0. The average Bonchev–Trinajstić information content (AvgIpc) is 2.25. The molecule has 0 fully saturated rings. The van der Waals surface area contributed by atoms with Gasteiger partial charge in [-0.1, -0.05) is 27.7 Å². The molecule has 0 unspecified atom stereocenters. The molecule has 0 aliphatic carbocycles. The molecule has 16 heavy (non-hydrogen) atoms. The van der Waals surface area contributed by atoms with E-state index in [0.717, 1.165) is 25.5 Å². The van der Waals surface area contributed by atoms with Crippen molar-refractivity contribution in [1.82, 2.24) is 4.90 Å². The van der Waals surface area contributed by atoms with E-state index >= 15 is 0 Å². The average molecular weight is 227 g/mol. The molecule has 1 rings (SSSR count). The molecule has 1 heterocycles. The van der Waals surface area contributed by atoms with Gasteiger partial charge in [0.2, 0.25) is 0 Å². The van der Waals surface area contributed by atoms with Crippen molar-refractivity contribution in [3.8, 4) is 0 Å². The summed E-state index contributed by atoms with van der Waals surface area (Å²) in [7, 11) is 0. The van der Waals surface area contributed by atoms with Crippen LogP contribution in [0.2, 0.25) is 0 Å². The molecule has 1 aliphatic rings. The van der Waals surface area contributed by atoms with Gasteiger partial charge >= 0.3 is 0 Å². The first-order valence-corrected chi connectivity index (χ1v) is 6.27. The lowest BCUT2D eigenvalue weighted by atomic mass is 10.0. The van der Waals surface area contributed by atoms with Crippen LogP contribution in [-0.4, -0.2) is 31.4 Å². The standard InChI is InChI=1S/C13H25NO2/c1-6-15-9-14-7-8-16-13(11(4)5)12(14)10(2)3/h10-11H,6-9H2,1-5H3. The first-order valence-electron chi connectivity index (χ1n) is 6.27. The summed E-state index contributed by atoms with van der Waals surface area (Å²) in [6.07, 6.45) is 0. The van der Waals surface area contributed by atoms with Crippen molar-refractivity contribution in [1.29, 1.82) is 0 Å². The monoisotopic (exact) mass is 227 g/mol. The van der Waals surface area contributed by atoms with Crippen LogP contribution >= 0.6 is 0 Å². The van der Waals surface area contributed by atoms with Crippen LogP contribution in [0.3, 0.4) is 0 Å². The van der Waals surface area contributed by atoms with E-state index in [4.69, 9.17) is 9.47 Å². The van der Waals surface area contributed by atoms with Crippen LogP contribution in [0.1, 0.15) is 34.6 Å². The maximum absolute atomic E-state index is 5.81. The van der Waals surface area contributed by atoms with Gasteiger partial charge in [0, 0.05) is 12.5 Å². The summed E-state index contributed by atoms with van der Waals surface area (Å²) in [5.41, 5.74) is 1.31. The van der Waals surface area contributed by atoms with E-state index in [2.05, 4.69) is 32.6 Å². The Morgan fingerprint density at radius 2 is 1.94 bits per heavy atom. The number of allylic oxidation sites excluding steroid dienone is 2. The first kappa shape index (κ1) is 13.4. The predicted molar refractivity (Wildman–Crippen MR) is 65.9 cm³/mol. The van der Waals surface area contributed by atoms with Crippen molar-refractivity contribution in [2.75, 3.05) is 26.5 Å². The quantitative estimate of drug-likeness (QED) is 0.721. The van der Waals surface area contributed by atoms with Gasteiger partial charge in [-0.05, 0) is 12.8 Å². The summed E-state index contributed by atoms with van der Waals surface area (Å²) in [5, 5.41) is 0. The number of ether oxygens (including phenoxy) is 2. The highest BCUT2D eigenvalue weighted by Gasteiger charge is 2.25. The Labute approximate surface area is 99.4 Å². The van der Waals surface area contributed by atoms with Gasteiger partial charge in [0.25, 0.3) is 0 Å². The van der Waals surface area contributed by atoms with Crippen LogP contribution in [0.15, 0.2) is 11.5 Å². The lowest BCUT2D eigenvalue weighted by Gasteiger charge is -2.36. The van der Waals surface area contributed by atoms with Crippen molar-refractivity contribution in [2.45, 2.75) is 34.6 Å². The number of hydrogen-bond donors (Lipinski definition) is 0. The fourth-order valence-electron chi connectivity index (χ4n) is 2.06. The van der Waals surface area contributed by atoms with E-state index in [0.29, 0.717) is 18.6 Å². The van der Waals surface area contributed by atoms with E-state index in [1.807, 2.05) is 6.92 Å². The van der Waals surface area contributed by atoms with Crippen LogP contribution in [0, 0.1) is 11.8 Å². The van der Waals surface area contributed by atoms with Crippen LogP contribution in [0.25, 0.3) is 0 Å². The van der Waals surface area contributed by atoms with Gasteiger partial charge in [-0.15, -0.1) is 0 Å². The highest BCUT2D eigenvalue weighted by Crippen LogP contribution is 2.28. The third-order valence-corrected chi connectivity index (χ3v) is 2.73. The van der Waals surface area contributed by atoms with E-state index in [9.17, 15) is 0 Å². The van der Waals surface area contributed by atoms with Crippen molar-refractivity contribution in [3.63, 3.8) is 0 Å². The van der Waals surface area contributed by atoms with Gasteiger partial charge in [-0.3, -0.25) is 0 Å². The highest BCUT2D eigenvalue weighted by molar-refractivity contribution is 5.13. The third-order valence-electron chi connectivity index (χ3n) is 2.73. The lowest BCUT2D eigenvalue weighted by molar-refractivity contribution is 0.0107. The van der Waals surface area contributed by atoms with Gasteiger partial charge in [0.1, 0.15) is 19.1 Å². The molecule has 0 amide bonds. The second-order valence-corrected chi connectivity index (χ2v) is 4.79. The van der Waals surface area contributed by atoms with Gasteiger partial charge in [0.15, 0.2) is 0 Å². The van der Waals surface area contributed by atoms with Crippen LogP contribution in [-0.2, 0) is 9.47 Å². The molecule has 0 aromatic rings. The molecular weight excluding hydrogens is 202 g/mol. The Hall–Kier alpha value is -0.700. The largest absolute Gasteiger partial charge is 0.494 e. The van der Waals surface area contributed by atoms with Crippen LogP contribution in [0.4, 0.5) is 0 Å². The van der Waals surface area contributed by atoms with Gasteiger partial charge < -0.3 is 14.4 Å². The molecule has 3 heteroatoms. The molecule has 0 bridgehead atoms. The minimum atomic E-state index is 0.446. The fourth-order valence-corrected chi connectivity index (χ4v) is 2.06. The molecule has 0 atom stereocenters. The Morgan fingerprint density at radius 3 is 2.44 bits per heavy atom. The van der Waals surface area contributed by atoms with Gasteiger partial charge in [-0.25, -0.2) is 0 Å². The van der Waals surface area contributed by atoms with E-state index in [-0.39, 0.29) is 0 Å². The first-order chi connectivity index (χ1) is 7.57. The Morgan fingerprint density at radius 1 is 1.25 bits per heavy atom. The second kappa shape index (κ2) is 6.14. The Balaban J connectivity index is 2.87. The highest BCUT2D eigenvalue weighted by atomic mass is 16.5. The Bertz CT molecular complexity index is 246. The third kappa shape index (κ3) is 3.14. The van der Waals surface area contributed by atoms with E-state index in [1.165, 1.54) is 5.70 Å². The van der Waals surface area contributed by atoms with Gasteiger partial charge in [-0.2, -0.15) is 0 Å². The summed E-state index contributed by atoms with van der Waals surface area (Å²) in [5.74, 6) is 2.07. The van der Waals surface area contributed by atoms with Crippen LogP contribution in [0.5, 0.6) is 0 Å². The van der Waals surface area contributed by atoms with Crippen molar-refractivity contribution >= 4 is 0 Å². The summed E-state index contributed by atoms with van der Waals surface area (Å²) in [4.78, 5) is 2.31. The SMILES string of the molecule is CCOCN1CCOC(C(C)C)=C1C(C)C. The molecule has 0 N–H and O–H groups in total. The number of hydrogen-bond acceptors (Lipinski definition) is 3. The van der Waals surface area contributed by atoms with Crippen molar-refractivity contribution in [3.05, 3.63) is 11.5 Å². The topological polar surface area (TPSA) is 21.7 Å². The molecule has 0 radical (unpaired) electrons. The van der Waals surface area contributed by atoms with E-state index in [1.54, 1.807) is 0 Å². The smallest absolute Gasteiger partial charge is 0.118 e. The summed E-state index contributed by atoms with van der Waals surface area (Å²) < 4.78 is 11.3. The molecular formula is C13H25NO2. The van der Waals surface area contributed by atoms with Crippen LogP contribution < -0.4 is 0 Å². The van der Waals surface area contributed by atoms with Crippen molar-refractivity contribution < 1.29 is 9.47 Å². The minimum absolute atomic E-state index is 0.446. The molecule has 1 aliphatic heterocycles. The number of rotatable bonds is 5. The Kier molecular flexibility index (Phi) is 5.13. The maximum atomic E-state index is 5.81. The molecule has 0 aromatic heterocycles. The predicted octanol–water partition coefficient (Wildman–Crippen LogP) is 2.84. The normalized spacial score (nSPS) is 17.3. The zero-order chi connectivity index (χ0) is 12.1. The zero-order valence-electron chi connectivity index (χ0n) is 11.2. The maximum Gasteiger partial charge on any atom is 0.118 e. The molecule has 0 saturated carbocycles. The van der Waals surface area contributed by atoms with E-state index < -0.39 is 0 Å². The summed E-state index contributed by atoms with van der Waals surface area (Å²) in [6.45, 7) is 14.0. The minimum Gasteiger partial charge on any atom is -0.494 e. The second-order valence-electron chi connectivity index (χ2n) is 4.79. The van der Waals surface area contributed by atoms with Crippen molar-refractivity contribution in [2.24, 2.45) is 11.8 Å². The fraction of sp³-hybridized carbons (Fsp3) is 0.846. The molecule has 0 spiro atoms. The number of nitrogens with zero attached hydrogens (tertiary/aromatic N) is 1. The van der Waals surface area contributed by atoms with Gasteiger partial charge in [0.05, 0.1) is 12.2 Å². The molecule has 94 valence electrons. The zero-order valence-corrected chi connectivity index (χ0v) is 11.2. The molecule has 0 aromatic carbocycles. The summed E-state index contributed by atoms with van der Waals surface area (Å²) >= 11 is 0.